The van der Waals surface area contributed by atoms with Crippen LogP contribution in [0.3, 0.4) is 0 Å². The quantitative estimate of drug-likeness (QED) is 0.706. The van der Waals surface area contributed by atoms with Gasteiger partial charge in [0.05, 0.1) is 5.69 Å². The highest BCUT2D eigenvalue weighted by atomic mass is 32.1. The van der Waals surface area contributed by atoms with E-state index in [2.05, 4.69) is 26.8 Å². The number of aryl methyl sites for hydroxylation is 1. The van der Waals surface area contributed by atoms with E-state index < -0.39 is 0 Å². The van der Waals surface area contributed by atoms with E-state index in [-0.39, 0.29) is 5.91 Å². The molecular weight excluding hydrogens is 344 g/mol. The maximum absolute atomic E-state index is 12.6. The second-order valence-electron chi connectivity index (χ2n) is 6.57. The molecule has 26 heavy (non-hydrogen) atoms. The van der Waals surface area contributed by atoms with E-state index in [0.717, 1.165) is 48.7 Å². The Kier molecular flexibility index (Phi) is 4.75. The number of amides is 1. The Hall–Kier alpha value is -2.60. The van der Waals surface area contributed by atoms with Crippen molar-refractivity contribution < 1.29 is 4.79 Å². The summed E-state index contributed by atoms with van der Waals surface area (Å²) in [7, 11) is 0. The largest absolute Gasteiger partial charge is 0.339 e. The van der Waals surface area contributed by atoms with Crippen LogP contribution in [0.5, 0.6) is 0 Å². The van der Waals surface area contributed by atoms with Crippen LogP contribution in [0.2, 0.25) is 0 Å². The fraction of sp³-hybridized carbons (Fsp3) is 0.300. The Morgan fingerprint density at radius 1 is 1.15 bits per heavy atom. The third-order valence-electron chi connectivity index (χ3n) is 4.76. The highest BCUT2D eigenvalue weighted by Crippen LogP contribution is 2.29. The van der Waals surface area contributed by atoms with E-state index >= 15 is 0 Å². The maximum Gasteiger partial charge on any atom is 0.253 e. The van der Waals surface area contributed by atoms with Crippen molar-refractivity contribution in [2.75, 3.05) is 13.1 Å². The molecule has 6 heteroatoms. The Morgan fingerprint density at radius 3 is 2.62 bits per heavy atom. The van der Waals surface area contributed by atoms with Gasteiger partial charge in [-0.05, 0) is 49.4 Å². The monoisotopic (exact) mass is 364 g/mol. The summed E-state index contributed by atoms with van der Waals surface area (Å²) in [5.41, 5.74) is 3.83. The first kappa shape index (κ1) is 16.8. The number of likely N-dealkylation sites (tertiary alicyclic amines) is 1. The summed E-state index contributed by atoms with van der Waals surface area (Å²) in [5, 5.41) is 4.18. The van der Waals surface area contributed by atoms with Gasteiger partial charge in [0, 0.05) is 53.6 Å². The minimum absolute atomic E-state index is 0.0787. The minimum atomic E-state index is 0.0787. The van der Waals surface area contributed by atoms with Crippen molar-refractivity contribution in [1.82, 2.24) is 19.9 Å². The summed E-state index contributed by atoms with van der Waals surface area (Å²) in [5.74, 6) is 1.28. The zero-order chi connectivity index (χ0) is 17.9. The topological polar surface area (TPSA) is 59.0 Å². The number of aromatic nitrogens is 3. The van der Waals surface area contributed by atoms with Gasteiger partial charge in [-0.3, -0.25) is 9.78 Å². The fourth-order valence-corrected chi connectivity index (χ4v) is 4.00. The van der Waals surface area contributed by atoms with E-state index in [0.29, 0.717) is 11.5 Å². The Balaban J connectivity index is 1.47. The van der Waals surface area contributed by atoms with Crippen molar-refractivity contribution in [1.29, 1.82) is 0 Å². The number of nitrogens with zero attached hydrogens (tertiary/aromatic N) is 4. The van der Waals surface area contributed by atoms with Gasteiger partial charge in [-0.15, -0.1) is 0 Å². The zero-order valence-electron chi connectivity index (χ0n) is 14.6. The molecule has 4 rings (SSSR count). The lowest BCUT2D eigenvalue weighted by Crippen LogP contribution is -2.38. The summed E-state index contributed by atoms with van der Waals surface area (Å²) < 4.78 is 0. The number of hydrogen-bond donors (Lipinski definition) is 0. The minimum Gasteiger partial charge on any atom is -0.339 e. The molecule has 5 nitrogen and oxygen atoms in total. The summed E-state index contributed by atoms with van der Waals surface area (Å²) in [4.78, 5) is 28.0. The molecule has 1 aliphatic rings. The normalized spacial score (nSPS) is 15.2. The van der Waals surface area contributed by atoms with Crippen molar-refractivity contribution in [3.8, 4) is 11.3 Å². The molecule has 1 saturated heterocycles. The first-order valence-corrected chi connectivity index (χ1v) is 9.72. The average Bonchev–Trinajstić information content (AvgIpc) is 3.23. The van der Waals surface area contributed by atoms with Crippen LogP contribution in [-0.2, 0) is 0 Å². The van der Waals surface area contributed by atoms with E-state index in [1.54, 1.807) is 35.9 Å². The van der Waals surface area contributed by atoms with Crippen LogP contribution in [0.25, 0.3) is 11.3 Å². The molecule has 0 aromatic carbocycles. The molecule has 0 spiro atoms. The van der Waals surface area contributed by atoms with Gasteiger partial charge in [0.2, 0.25) is 0 Å². The predicted octanol–water partition coefficient (Wildman–Crippen LogP) is 3.93. The fourth-order valence-electron chi connectivity index (χ4n) is 3.35. The number of pyridine rings is 1. The summed E-state index contributed by atoms with van der Waals surface area (Å²) >= 11 is 1.67. The molecule has 3 aromatic rings. The van der Waals surface area contributed by atoms with Crippen LogP contribution < -0.4 is 0 Å². The number of carbonyl (C=O) groups excluding carboxylic acids is 1. The molecule has 0 bridgehead atoms. The molecular formula is C20H20N4OS. The van der Waals surface area contributed by atoms with Crippen molar-refractivity contribution >= 4 is 17.2 Å². The number of carbonyl (C=O) groups is 1. The number of hydrogen-bond acceptors (Lipinski definition) is 5. The molecule has 132 valence electrons. The SMILES string of the molecule is Cc1cc(-c2ccsc2)nc(C2CCN(C(=O)c3ccncc3)CC2)n1. The third-order valence-corrected chi connectivity index (χ3v) is 5.45. The highest BCUT2D eigenvalue weighted by Gasteiger charge is 2.26. The van der Waals surface area contributed by atoms with Crippen LogP contribution >= 0.6 is 11.3 Å². The number of piperidine rings is 1. The molecule has 0 aliphatic carbocycles. The van der Waals surface area contributed by atoms with Crippen molar-refractivity contribution in [2.45, 2.75) is 25.7 Å². The Labute approximate surface area is 156 Å². The molecule has 0 saturated carbocycles. The van der Waals surface area contributed by atoms with Crippen molar-refractivity contribution in [3.05, 3.63) is 64.5 Å². The summed E-state index contributed by atoms with van der Waals surface area (Å²) in [6.45, 7) is 3.48. The van der Waals surface area contributed by atoms with E-state index in [1.165, 1.54) is 0 Å². The standard InChI is InChI=1S/C20H20N4OS/c1-14-12-18(17-6-11-26-13-17)23-19(22-14)15-4-9-24(10-5-15)20(25)16-2-7-21-8-3-16/h2-3,6-8,11-13,15H,4-5,9-10H2,1H3. The van der Waals surface area contributed by atoms with Gasteiger partial charge < -0.3 is 4.90 Å². The van der Waals surface area contributed by atoms with Gasteiger partial charge in [-0.2, -0.15) is 11.3 Å². The van der Waals surface area contributed by atoms with Crippen LogP contribution in [0.4, 0.5) is 0 Å². The Morgan fingerprint density at radius 2 is 1.92 bits per heavy atom. The Bertz CT molecular complexity index is 887. The van der Waals surface area contributed by atoms with Crippen LogP contribution in [0.1, 0.15) is 40.6 Å². The first-order chi connectivity index (χ1) is 12.7. The van der Waals surface area contributed by atoms with Crippen LogP contribution in [-0.4, -0.2) is 38.8 Å². The second kappa shape index (κ2) is 7.33. The summed E-state index contributed by atoms with van der Waals surface area (Å²) in [6, 6.07) is 7.66. The molecule has 4 heterocycles. The summed E-state index contributed by atoms with van der Waals surface area (Å²) in [6.07, 6.45) is 5.10. The maximum atomic E-state index is 12.6. The molecule has 0 N–H and O–H groups in total. The van der Waals surface area contributed by atoms with Gasteiger partial charge >= 0.3 is 0 Å². The number of rotatable bonds is 3. The highest BCUT2D eigenvalue weighted by molar-refractivity contribution is 7.08. The molecule has 3 aromatic heterocycles. The lowest BCUT2D eigenvalue weighted by atomic mass is 9.95. The predicted molar refractivity (Wildman–Crippen MR) is 102 cm³/mol. The van der Waals surface area contributed by atoms with Gasteiger partial charge in [0.1, 0.15) is 5.82 Å². The van der Waals surface area contributed by atoms with Crippen LogP contribution in [0.15, 0.2) is 47.4 Å². The zero-order valence-corrected chi connectivity index (χ0v) is 15.4. The second-order valence-corrected chi connectivity index (χ2v) is 7.35. The van der Waals surface area contributed by atoms with Gasteiger partial charge in [-0.25, -0.2) is 9.97 Å². The van der Waals surface area contributed by atoms with Crippen molar-refractivity contribution in [2.24, 2.45) is 0 Å². The van der Waals surface area contributed by atoms with E-state index in [9.17, 15) is 4.79 Å². The molecule has 1 aliphatic heterocycles. The molecule has 1 amide bonds. The van der Waals surface area contributed by atoms with E-state index in [4.69, 9.17) is 4.98 Å². The lowest BCUT2D eigenvalue weighted by Gasteiger charge is -2.31. The molecule has 0 atom stereocenters. The van der Waals surface area contributed by atoms with E-state index in [1.807, 2.05) is 17.9 Å². The van der Waals surface area contributed by atoms with Gasteiger partial charge in [-0.1, -0.05) is 0 Å². The first-order valence-electron chi connectivity index (χ1n) is 8.78. The third kappa shape index (κ3) is 3.51. The van der Waals surface area contributed by atoms with Crippen LogP contribution in [0, 0.1) is 6.92 Å². The molecule has 1 fully saturated rings. The molecule has 0 unspecified atom stereocenters. The number of thiophene rings is 1. The smallest absolute Gasteiger partial charge is 0.253 e. The lowest BCUT2D eigenvalue weighted by molar-refractivity contribution is 0.0711. The van der Waals surface area contributed by atoms with Gasteiger partial charge in [0.25, 0.3) is 5.91 Å². The molecule has 0 radical (unpaired) electrons. The van der Waals surface area contributed by atoms with Gasteiger partial charge in [0.15, 0.2) is 0 Å². The van der Waals surface area contributed by atoms with Crippen molar-refractivity contribution in [3.63, 3.8) is 0 Å². The average molecular weight is 364 g/mol.